The first kappa shape index (κ1) is 21.8. The van der Waals surface area contributed by atoms with E-state index < -0.39 is 0 Å². The highest BCUT2D eigenvalue weighted by Gasteiger charge is 2.22. The average Bonchev–Trinajstić information content (AvgIpc) is 2.78. The van der Waals surface area contributed by atoms with E-state index in [1.807, 2.05) is 47.4 Å². The lowest BCUT2D eigenvalue weighted by Crippen LogP contribution is -2.53. The Labute approximate surface area is 179 Å². The number of piperazine rings is 1. The van der Waals surface area contributed by atoms with E-state index in [1.165, 1.54) is 5.56 Å². The summed E-state index contributed by atoms with van der Waals surface area (Å²) in [6.07, 6.45) is 2.77. The van der Waals surface area contributed by atoms with Crippen LogP contribution in [-0.2, 0) is 17.6 Å². The van der Waals surface area contributed by atoms with Crippen molar-refractivity contribution in [2.24, 2.45) is 0 Å². The van der Waals surface area contributed by atoms with Crippen molar-refractivity contribution in [2.75, 3.05) is 44.6 Å². The van der Waals surface area contributed by atoms with Crippen LogP contribution in [0.2, 0.25) is 0 Å². The molecule has 3 amide bonds. The van der Waals surface area contributed by atoms with Gasteiger partial charge < -0.3 is 15.5 Å². The lowest BCUT2D eigenvalue weighted by molar-refractivity contribution is -0.117. The van der Waals surface area contributed by atoms with Gasteiger partial charge in [0.25, 0.3) is 0 Å². The molecule has 0 spiro atoms. The number of aryl methyl sites for hydroxylation is 2. The quantitative estimate of drug-likeness (QED) is 0.660. The first-order valence-corrected chi connectivity index (χ1v) is 10.8. The zero-order valence-electron chi connectivity index (χ0n) is 17.8. The van der Waals surface area contributed by atoms with Gasteiger partial charge in [-0.2, -0.15) is 0 Å². The van der Waals surface area contributed by atoms with Crippen LogP contribution in [0.25, 0.3) is 0 Å². The van der Waals surface area contributed by atoms with Crippen molar-refractivity contribution in [1.29, 1.82) is 0 Å². The second-order valence-electron chi connectivity index (χ2n) is 7.64. The number of urea groups is 1. The van der Waals surface area contributed by atoms with Crippen LogP contribution in [0.4, 0.5) is 10.5 Å². The maximum absolute atomic E-state index is 12.4. The van der Waals surface area contributed by atoms with Crippen LogP contribution >= 0.6 is 0 Å². The topological polar surface area (TPSA) is 64.7 Å². The molecule has 160 valence electrons. The third-order valence-corrected chi connectivity index (χ3v) is 5.46. The van der Waals surface area contributed by atoms with Gasteiger partial charge in [-0.05, 0) is 36.5 Å². The molecule has 1 heterocycles. The molecule has 0 saturated carbocycles. The Bertz CT molecular complexity index is 817. The molecule has 6 heteroatoms. The Balaban J connectivity index is 1.34. The van der Waals surface area contributed by atoms with Gasteiger partial charge in [0.2, 0.25) is 5.91 Å². The van der Waals surface area contributed by atoms with Gasteiger partial charge in [-0.15, -0.1) is 0 Å². The highest BCUT2D eigenvalue weighted by molar-refractivity contribution is 5.93. The van der Waals surface area contributed by atoms with E-state index >= 15 is 0 Å². The van der Waals surface area contributed by atoms with Crippen LogP contribution in [0.1, 0.15) is 24.5 Å². The molecule has 30 heavy (non-hydrogen) atoms. The lowest BCUT2D eigenvalue weighted by Gasteiger charge is -2.34. The van der Waals surface area contributed by atoms with Crippen LogP contribution in [0.5, 0.6) is 0 Å². The minimum atomic E-state index is -0.0102. The number of benzene rings is 2. The predicted octanol–water partition coefficient (Wildman–Crippen LogP) is 3.15. The normalized spacial score (nSPS) is 14.4. The number of carbonyl (C=O) groups excluding carboxylic acids is 2. The summed E-state index contributed by atoms with van der Waals surface area (Å²) in [4.78, 5) is 28.7. The van der Waals surface area contributed by atoms with E-state index in [2.05, 4.69) is 34.6 Å². The standard InChI is InChI=1S/C24H32N4O2/c1-2-21-12-6-7-13-22(21)26-23(29)19-27-15-17-28(18-16-27)24(30)25-14-8-11-20-9-4-3-5-10-20/h3-7,9-10,12-13H,2,8,11,14-19H2,1H3,(H,25,30)(H,26,29). The Morgan fingerprint density at radius 3 is 2.37 bits per heavy atom. The van der Waals surface area contributed by atoms with Crippen molar-refractivity contribution in [3.63, 3.8) is 0 Å². The molecule has 0 unspecified atom stereocenters. The number of hydrogen-bond acceptors (Lipinski definition) is 3. The maximum Gasteiger partial charge on any atom is 0.317 e. The molecule has 1 saturated heterocycles. The number of carbonyl (C=O) groups is 2. The summed E-state index contributed by atoms with van der Waals surface area (Å²) in [5.74, 6) is -0.00489. The summed E-state index contributed by atoms with van der Waals surface area (Å²) in [6.45, 7) is 5.81. The summed E-state index contributed by atoms with van der Waals surface area (Å²) in [5.41, 5.74) is 3.32. The number of anilines is 1. The summed E-state index contributed by atoms with van der Waals surface area (Å²) in [7, 11) is 0. The fourth-order valence-corrected chi connectivity index (χ4v) is 3.70. The molecule has 0 bridgehead atoms. The average molecular weight is 409 g/mol. The molecule has 2 aromatic carbocycles. The van der Waals surface area contributed by atoms with Crippen molar-refractivity contribution in [2.45, 2.75) is 26.2 Å². The van der Waals surface area contributed by atoms with Crippen LogP contribution < -0.4 is 10.6 Å². The van der Waals surface area contributed by atoms with Crippen LogP contribution in [0, 0.1) is 0 Å². The van der Waals surface area contributed by atoms with Gasteiger partial charge >= 0.3 is 6.03 Å². The van der Waals surface area contributed by atoms with Gasteiger partial charge in [0, 0.05) is 38.4 Å². The van der Waals surface area contributed by atoms with Crippen LogP contribution in [-0.4, -0.2) is 61.0 Å². The zero-order valence-corrected chi connectivity index (χ0v) is 17.8. The molecule has 3 rings (SSSR count). The molecule has 0 aliphatic carbocycles. The smallest absolute Gasteiger partial charge is 0.317 e. The number of para-hydroxylation sites is 1. The first-order valence-electron chi connectivity index (χ1n) is 10.8. The number of nitrogens with one attached hydrogen (secondary N) is 2. The van der Waals surface area contributed by atoms with Gasteiger partial charge in [-0.3, -0.25) is 9.69 Å². The third kappa shape index (κ3) is 6.59. The van der Waals surface area contributed by atoms with Gasteiger partial charge in [0.15, 0.2) is 0 Å². The third-order valence-electron chi connectivity index (χ3n) is 5.46. The molecule has 1 aliphatic rings. The second kappa shape index (κ2) is 11.4. The highest BCUT2D eigenvalue weighted by Crippen LogP contribution is 2.15. The molecule has 1 fully saturated rings. The fourth-order valence-electron chi connectivity index (χ4n) is 3.70. The summed E-state index contributed by atoms with van der Waals surface area (Å²) in [5, 5.41) is 6.03. The van der Waals surface area contributed by atoms with Gasteiger partial charge in [0.05, 0.1) is 6.54 Å². The van der Waals surface area contributed by atoms with Crippen molar-refractivity contribution >= 4 is 17.6 Å². The summed E-state index contributed by atoms with van der Waals surface area (Å²) in [6, 6.07) is 18.2. The lowest BCUT2D eigenvalue weighted by atomic mass is 10.1. The minimum absolute atomic E-state index is 0.00489. The minimum Gasteiger partial charge on any atom is -0.338 e. The largest absolute Gasteiger partial charge is 0.338 e. The molecule has 2 aromatic rings. The molecule has 6 nitrogen and oxygen atoms in total. The number of amides is 3. The molecule has 0 atom stereocenters. The maximum atomic E-state index is 12.4. The predicted molar refractivity (Wildman–Crippen MR) is 121 cm³/mol. The van der Waals surface area contributed by atoms with Crippen molar-refractivity contribution in [3.8, 4) is 0 Å². The van der Waals surface area contributed by atoms with Crippen molar-refractivity contribution in [1.82, 2.24) is 15.1 Å². The Kier molecular flexibility index (Phi) is 8.27. The van der Waals surface area contributed by atoms with Gasteiger partial charge in [-0.25, -0.2) is 4.79 Å². The molecule has 0 radical (unpaired) electrons. The molecule has 1 aliphatic heterocycles. The van der Waals surface area contributed by atoms with Crippen molar-refractivity contribution < 1.29 is 9.59 Å². The second-order valence-corrected chi connectivity index (χ2v) is 7.64. The SMILES string of the molecule is CCc1ccccc1NC(=O)CN1CCN(C(=O)NCCCc2ccccc2)CC1. The van der Waals surface area contributed by atoms with E-state index in [9.17, 15) is 9.59 Å². The fraction of sp³-hybridized carbons (Fsp3) is 0.417. The molecular weight excluding hydrogens is 376 g/mol. The van der Waals surface area contributed by atoms with Gasteiger partial charge in [-0.1, -0.05) is 55.5 Å². The Morgan fingerprint density at radius 1 is 0.933 bits per heavy atom. The number of nitrogens with zero attached hydrogens (tertiary/aromatic N) is 2. The van der Waals surface area contributed by atoms with E-state index in [0.29, 0.717) is 39.3 Å². The molecule has 0 aromatic heterocycles. The monoisotopic (exact) mass is 408 g/mol. The Hall–Kier alpha value is -2.86. The van der Waals surface area contributed by atoms with Crippen LogP contribution in [0.15, 0.2) is 54.6 Å². The van der Waals surface area contributed by atoms with Crippen molar-refractivity contribution in [3.05, 3.63) is 65.7 Å². The van der Waals surface area contributed by atoms with E-state index in [0.717, 1.165) is 30.5 Å². The van der Waals surface area contributed by atoms with Gasteiger partial charge in [0.1, 0.15) is 0 Å². The summed E-state index contributed by atoms with van der Waals surface area (Å²) < 4.78 is 0. The number of rotatable bonds is 8. The molecular formula is C24H32N4O2. The number of hydrogen-bond donors (Lipinski definition) is 2. The van der Waals surface area contributed by atoms with E-state index in [-0.39, 0.29) is 11.9 Å². The van der Waals surface area contributed by atoms with E-state index in [1.54, 1.807) is 0 Å². The summed E-state index contributed by atoms with van der Waals surface area (Å²) >= 11 is 0. The van der Waals surface area contributed by atoms with Crippen LogP contribution in [0.3, 0.4) is 0 Å². The highest BCUT2D eigenvalue weighted by atomic mass is 16.2. The first-order chi connectivity index (χ1) is 14.7. The zero-order chi connectivity index (χ0) is 21.2. The molecule has 2 N–H and O–H groups in total. The Morgan fingerprint density at radius 2 is 1.63 bits per heavy atom. The van der Waals surface area contributed by atoms with E-state index in [4.69, 9.17) is 0 Å².